The maximum absolute atomic E-state index is 10.0. The predicted octanol–water partition coefficient (Wildman–Crippen LogP) is -0.396. The number of carboxylic acids is 2. The van der Waals surface area contributed by atoms with Crippen LogP contribution < -0.4 is 10.2 Å². The summed E-state index contributed by atoms with van der Waals surface area (Å²) < 4.78 is 0. The summed E-state index contributed by atoms with van der Waals surface area (Å²) in [4.78, 5) is 20.1. The van der Waals surface area contributed by atoms with E-state index in [1.807, 2.05) is 0 Å². The van der Waals surface area contributed by atoms with Crippen molar-refractivity contribution in [3.8, 4) is 0 Å². The van der Waals surface area contributed by atoms with Crippen molar-refractivity contribution in [3.63, 3.8) is 0 Å². The Labute approximate surface area is 110 Å². The minimum atomic E-state index is -0.998. The number of carbonyl (C=O) groups is 2. The molecule has 0 saturated carbocycles. The maximum atomic E-state index is 10.0. The van der Waals surface area contributed by atoms with Crippen molar-refractivity contribution >= 4 is 11.9 Å². The fourth-order valence-corrected chi connectivity index (χ4v) is 1.25. The number of unbranched alkanes of at least 4 members (excludes halogenated alkanes) is 5. The van der Waals surface area contributed by atoms with E-state index in [1.165, 1.54) is 0 Å². The van der Waals surface area contributed by atoms with Crippen LogP contribution in [0.5, 0.6) is 0 Å². The molecule has 15 heavy (non-hydrogen) atoms. The Morgan fingerprint density at radius 3 is 1.20 bits per heavy atom. The summed E-state index contributed by atoms with van der Waals surface area (Å²) in [5.74, 6) is -2.00. The number of carbonyl (C=O) groups excluding carboxylic acids is 2. The molecule has 0 aromatic rings. The molecule has 0 fully saturated rings. The molecule has 0 rings (SSSR count). The van der Waals surface area contributed by atoms with Gasteiger partial charge in [-0.3, -0.25) is 0 Å². The molecular weight excluding hydrogens is 297 g/mol. The fraction of sp³-hybridized carbons (Fsp3) is 0.800. The molecule has 82 valence electrons. The molecular formula is C10H16CdO4. The standard InChI is InChI=1S/C10H18O4.Cd/c11-9(12)7-5-3-1-2-4-6-8-10(13)14;/h1-8H2,(H,11,12)(H,13,14);/q;+2/p-2. The molecule has 4 nitrogen and oxygen atoms in total. The predicted molar refractivity (Wildman–Crippen MR) is 47.0 cm³/mol. The van der Waals surface area contributed by atoms with Gasteiger partial charge in [0.25, 0.3) is 0 Å². The summed E-state index contributed by atoms with van der Waals surface area (Å²) in [5.41, 5.74) is 0. The van der Waals surface area contributed by atoms with Gasteiger partial charge >= 0.3 is 27.3 Å². The molecule has 0 N–H and O–H groups in total. The van der Waals surface area contributed by atoms with Crippen LogP contribution in [0.15, 0.2) is 0 Å². The number of carboxylic acid groups (broad SMARTS) is 2. The van der Waals surface area contributed by atoms with E-state index in [0.717, 1.165) is 25.7 Å². The van der Waals surface area contributed by atoms with E-state index in [0.29, 0.717) is 12.8 Å². The SMILES string of the molecule is O=C([O-])CCCCCCCCC(=O)[O-].[Cd+2]. The van der Waals surface area contributed by atoms with E-state index in [1.54, 1.807) is 0 Å². The molecule has 0 spiro atoms. The smallest absolute Gasteiger partial charge is 0.550 e. The van der Waals surface area contributed by atoms with Crippen molar-refractivity contribution in [2.24, 2.45) is 0 Å². The third-order valence-corrected chi connectivity index (χ3v) is 2.01. The molecule has 0 aliphatic rings. The molecule has 0 aromatic carbocycles. The van der Waals surface area contributed by atoms with Gasteiger partial charge in [-0.15, -0.1) is 0 Å². The van der Waals surface area contributed by atoms with E-state index in [-0.39, 0.29) is 40.1 Å². The first-order valence-electron chi connectivity index (χ1n) is 5.02. The van der Waals surface area contributed by atoms with Gasteiger partial charge in [0, 0.05) is 11.9 Å². The largest absolute Gasteiger partial charge is 2.00 e. The summed E-state index contributed by atoms with van der Waals surface area (Å²) in [6.45, 7) is 0. The van der Waals surface area contributed by atoms with Crippen LogP contribution in [0.2, 0.25) is 0 Å². The van der Waals surface area contributed by atoms with Crippen LogP contribution >= 0.6 is 0 Å². The van der Waals surface area contributed by atoms with Gasteiger partial charge in [-0.05, 0) is 25.7 Å². The van der Waals surface area contributed by atoms with E-state index < -0.39 is 11.9 Å². The average Bonchev–Trinajstić information content (AvgIpc) is 2.08. The number of hydrogen-bond donors (Lipinski definition) is 0. The normalized spacial score (nSPS) is 9.33. The molecule has 5 heteroatoms. The summed E-state index contributed by atoms with van der Waals surface area (Å²) in [7, 11) is 0. The maximum Gasteiger partial charge on any atom is 2.00 e. The molecule has 0 saturated heterocycles. The van der Waals surface area contributed by atoms with Crippen LogP contribution in [0, 0.1) is 0 Å². The van der Waals surface area contributed by atoms with Gasteiger partial charge in [0.05, 0.1) is 0 Å². The second kappa shape index (κ2) is 11.9. The van der Waals surface area contributed by atoms with Crippen LogP contribution in [0.1, 0.15) is 51.4 Å². The first kappa shape index (κ1) is 17.3. The zero-order valence-electron chi connectivity index (χ0n) is 9.00. The minimum absolute atomic E-state index is 0. The number of rotatable bonds is 9. The quantitative estimate of drug-likeness (QED) is 0.429. The molecule has 0 aromatic heterocycles. The van der Waals surface area contributed by atoms with Gasteiger partial charge in [-0.25, -0.2) is 0 Å². The van der Waals surface area contributed by atoms with Crippen molar-refractivity contribution in [2.75, 3.05) is 0 Å². The fourth-order valence-electron chi connectivity index (χ4n) is 1.25. The molecule has 0 amide bonds. The van der Waals surface area contributed by atoms with Crippen molar-refractivity contribution < 1.29 is 47.1 Å². The first-order valence-corrected chi connectivity index (χ1v) is 5.02. The second-order valence-corrected chi connectivity index (χ2v) is 3.37. The van der Waals surface area contributed by atoms with Crippen LogP contribution in [0.4, 0.5) is 0 Å². The average molecular weight is 313 g/mol. The Bertz CT molecular complexity index is 162. The zero-order chi connectivity index (χ0) is 10.8. The van der Waals surface area contributed by atoms with Crippen LogP contribution in [-0.2, 0) is 36.9 Å². The molecule has 0 aliphatic heterocycles. The molecule has 0 bridgehead atoms. The van der Waals surface area contributed by atoms with Gasteiger partial charge in [-0.2, -0.15) is 0 Å². The Kier molecular flexibility index (Phi) is 13.7. The van der Waals surface area contributed by atoms with E-state index in [9.17, 15) is 19.8 Å². The minimum Gasteiger partial charge on any atom is -0.550 e. The Morgan fingerprint density at radius 1 is 0.667 bits per heavy atom. The second-order valence-electron chi connectivity index (χ2n) is 3.37. The van der Waals surface area contributed by atoms with Crippen molar-refractivity contribution in [1.82, 2.24) is 0 Å². The molecule has 0 heterocycles. The van der Waals surface area contributed by atoms with Gasteiger partial charge in [0.2, 0.25) is 0 Å². The molecule has 0 aliphatic carbocycles. The topological polar surface area (TPSA) is 80.3 Å². The summed E-state index contributed by atoms with van der Waals surface area (Å²) >= 11 is 0. The molecule has 0 radical (unpaired) electrons. The molecule has 0 unspecified atom stereocenters. The Hall–Kier alpha value is -0.138. The van der Waals surface area contributed by atoms with Crippen LogP contribution in [0.3, 0.4) is 0 Å². The van der Waals surface area contributed by atoms with E-state index in [2.05, 4.69) is 0 Å². The zero-order valence-corrected chi connectivity index (χ0v) is 13.0. The Morgan fingerprint density at radius 2 is 0.933 bits per heavy atom. The molecule has 0 atom stereocenters. The van der Waals surface area contributed by atoms with Crippen molar-refractivity contribution in [1.29, 1.82) is 0 Å². The van der Waals surface area contributed by atoms with Crippen LogP contribution in [0.25, 0.3) is 0 Å². The van der Waals surface area contributed by atoms with Gasteiger partial charge in [0.1, 0.15) is 0 Å². The Balaban J connectivity index is 0. The monoisotopic (exact) mass is 314 g/mol. The van der Waals surface area contributed by atoms with Crippen molar-refractivity contribution in [2.45, 2.75) is 51.4 Å². The number of hydrogen-bond acceptors (Lipinski definition) is 4. The van der Waals surface area contributed by atoms with E-state index in [4.69, 9.17) is 0 Å². The van der Waals surface area contributed by atoms with Crippen molar-refractivity contribution in [3.05, 3.63) is 0 Å². The summed E-state index contributed by atoms with van der Waals surface area (Å²) in [6, 6.07) is 0. The van der Waals surface area contributed by atoms with E-state index >= 15 is 0 Å². The van der Waals surface area contributed by atoms with Gasteiger partial charge in [-0.1, -0.05) is 25.7 Å². The third kappa shape index (κ3) is 16.5. The number of aliphatic carboxylic acids is 2. The third-order valence-electron chi connectivity index (χ3n) is 2.01. The summed E-state index contributed by atoms with van der Waals surface area (Å²) in [6.07, 6.45) is 5.23. The first-order chi connectivity index (χ1) is 6.63. The van der Waals surface area contributed by atoms with Gasteiger partial charge < -0.3 is 19.8 Å². The summed E-state index contributed by atoms with van der Waals surface area (Å²) in [5, 5.41) is 20.1. The van der Waals surface area contributed by atoms with Gasteiger partial charge in [0.15, 0.2) is 0 Å². The van der Waals surface area contributed by atoms with Crippen LogP contribution in [-0.4, -0.2) is 11.9 Å².